The normalized spacial score (nSPS) is 4.20. The van der Waals surface area contributed by atoms with Gasteiger partial charge in [0.15, 0.2) is 0 Å². The monoisotopic (exact) mass is 255 g/mol. The summed E-state index contributed by atoms with van der Waals surface area (Å²) in [4.78, 5) is 0. The summed E-state index contributed by atoms with van der Waals surface area (Å²) in [5.74, 6) is 1.36. The Balaban J connectivity index is 0. The topological polar surface area (TPSA) is 0 Å². The van der Waals surface area contributed by atoms with Gasteiger partial charge in [0.25, 0.3) is 0 Å². The van der Waals surface area contributed by atoms with E-state index in [-0.39, 0.29) is 25.8 Å². The number of hydrogen-bond donors (Lipinski definition) is 0. The van der Waals surface area contributed by atoms with Crippen LogP contribution in [0.5, 0.6) is 0 Å². The van der Waals surface area contributed by atoms with Crippen LogP contribution in [-0.2, 0) is 25.8 Å². The van der Waals surface area contributed by atoms with E-state index in [1.807, 2.05) is 0 Å². The van der Waals surface area contributed by atoms with Gasteiger partial charge >= 0.3 is 0 Å². The van der Waals surface area contributed by atoms with E-state index >= 15 is 0 Å². The van der Waals surface area contributed by atoms with Crippen LogP contribution in [0.1, 0.15) is 0 Å². The third-order valence-electron chi connectivity index (χ3n) is 0.0891. The Morgan fingerprint density at radius 1 is 1.80 bits per heavy atom. The van der Waals surface area contributed by atoms with Gasteiger partial charge in [-0.3, -0.25) is 0 Å². The third kappa shape index (κ3) is 11.7. The Labute approximate surface area is 56.0 Å². The second kappa shape index (κ2) is 8.84. The van der Waals surface area contributed by atoms with Gasteiger partial charge in [-0.05, 0) is 0 Å². The molecule has 0 unspecified atom stereocenters. The van der Waals surface area contributed by atoms with Crippen molar-refractivity contribution in [2.24, 2.45) is 0 Å². The zero-order valence-corrected chi connectivity index (χ0v) is 7.09. The van der Waals surface area contributed by atoms with Crippen molar-refractivity contribution in [2.75, 3.05) is 0 Å². The predicted molar refractivity (Wildman–Crippen MR) is 20.3 cm³/mol. The maximum atomic E-state index is 4.94. The van der Waals surface area contributed by atoms with Gasteiger partial charge in [0, 0.05) is 25.8 Å². The Hall–Kier alpha value is 0.770. The number of rotatable bonds is 1. The van der Waals surface area contributed by atoms with Gasteiger partial charge in [-0.2, -0.15) is 0 Å². The Morgan fingerprint density at radius 2 is 2.00 bits per heavy atom. The molecule has 5 heavy (non-hydrogen) atoms. The van der Waals surface area contributed by atoms with Crippen molar-refractivity contribution in [2.45, 2.75) is 0 Å². The van der Waals surface area contributed by atoms with Gasteiger partial charge in [-0.25, -0.2) is 24.3 Å². The van der Waals surface area contributed by atoms with E-state index < -0.39 is 0 Å². The minimum atomic E-state index is 0. The fourth-order valence-electron chi connectivity index (χ4n) is 0. The van der Waals surface area contributed by atoms with Crippen LogP contribution in [0.25, 0.3) is 0 Å². The van der Waals surface area contributed by atoms with E-state index in [9.17, 15) is 0 Å². The zero-order valence-electron chi connectivity index (χ0n) is 2.74. The molecule has 0 aliphatic heterocycles. The van der Waals surface area contributed by atoms with Gasteiger partial charge in [0.05, 0.1) is 0 Å². The van der Waals surface area contributed by atoms with E-state index in [0.717, 1.165) is 0 Å². The van der Waals surface area contributed by atoms with Crippen LogP contribution in [0.3, 0.4) is 0 Å². The van der Waals surface area contributed by atoms with Crippen molar-refractivity contribution < 1.29 is 25.8 Å². The molecule has 0 rings (SSSR count). The summed E-state index contributed by atoms with van der Waals surface area (Å²) in [6, 6.07) is 0. The van der Waals surface area contributed by atoms with Crippen LogP contribution in [0.15, 0.2) is 12.7 Å². The first-order valence-corrected chi connectivity index (χ1v) is 1.40. The van der Waals surface area contributed by atoms with Crippen molar-refractivity contribution >= 4 is 11.6 Å². The van der Waals surface area contributed by atoms with Crippen LogP contribution < -0.4 is 0 Å². The SMILES string of the molecule is C=C[CH-]Cl.[Hf]. The first kappa shape index (κ1) is 9.24. The van der Waals surface area contributed by atoms with Crippen LogP contribution in [0.4, 0.5) is 0 Å². The molecule has 0 radical (unpaired) electrons. The molecular weight excluding hydrogens is 250 g/mol. The quantitative estimate of drug-likeness (QED) is 0.492. The summed E-state index contributed by atoms with van der Waals surface area (Å²) in [5.41, 5.74) is 0. The van der Waals surface area contributed by atoms with Crippen LogP contribution in [-0.4, -0.2) is 0 Å². The summed E-state index contributed by atoms with van der Waals surface area (Å²) >= 11 is 4.94. The average Bonchev–Trinajstić information content (AvgIpc) is 1.37. The molecule has 28 valence electrons. The first-order chi connectivity index (χ1) is 1.91. The molecule has 2 heteroatoms. The molecule has 0 aliphatic carbocycles. The van der Waals surface area contributed by atoms with Gasteiger partial charge in [0.2, 0.25) is 0 Å². The average molecular weight is 254 g/mol. The molecule has 0 aromatic carbocycles. The molecule has 0 saturated heterocycles. The summed E-state index contributed by atoms with van der Waals surface area (Å²) in [6.45, 7) is 3.29. The molecule has 0 aliphatic rings. The predicted octanol–water partition coefficient (Wildman–Crippen LogP) is 1.57. The van der Waals surface area contributed by atoms with Crippen LogP contribution in [0.2, 0.25) is 0 Å². The molecule has 0 amide bonds. The van der Waals surface area contributed by atoms with E-state index in [2.05, 4.69) is 6.58 Å². The molecule has 0 N–H and O–H groups in total. The summed E-state index contributed by atoms with van der Waals surface area (Å²) in [6.07, 6.45) is 1.52. The second-order valence-electron chi connectivity index (χ2n) is 0.362. The third-order valence-corrected chi connectivity index (χ3v) is 0.267. The van der Waals surface area contributed by atoms with Gasteiger partial charge in [-0.1, -0.05) is 0 Å². The fraction of sp³-hybridized carbons (Fsp3) is 0. The number of allylic oxidation sites excluding steroid dienone is 1. The Kier molecular flexibility index (Phi) is 16.3. The molecule has 0 fully saturated rings. The van der Waals surface area contributed by atoms with E-state index in [0.29, 0.717) is 0 Å². The summed E-state index contributed by atoms with van der Waals surface area (Å²) in [5, 5.41) is 0. The fourth-order valence-corrected chi connectivity index (χ4v) is 0. The number of hydrogen-bond acceptors (Lipinski definition) is 0. The molecule has 0 atom stereocenters. The van der Waals surface area contributed by atoms with Crippen LogP contribution in [0, 0.1) is 5.88 Å². The van der Waals surface area contributed by atoms with Crippen molar-refractivity contribution in [3.05, 3.63) is 18.5 Å². The molecule has 0 bridgehead atoms. The molecule has 0 saturated carbocycles. The largest absolute Gasteiger partial charge is 0.244 e. The van der Waals surface area contributed by atoms with E-state index in [1.54, 1.807) is 0 Å². The van der Waals surface area contributed by atoms with Crippen molar-refractivity contribution in [1.29, 1.82) is 0 Å². The Morgan fingerprint density at radius 3 is 2.00 bits per heavy atom. The zero-order chi connectivity index (χ0) is 3.41. The maximum absolute atomic E-state index is 4.94. The van der Waals surface area contributed by atoms with Gasteiger partial charge in [0.1, 0.15) is 0 Å². The maximum Gasteiger partial charge on any atom is 0 e. The second-order valence-corrected chi connectivity index (χ2v) is 0.614. The Bertz CT molecular complexity index is 20.9. The summed E-state index contributed by atoms with van der Waals surface area (Å²) < 4.78 is 0. The van der Waals surface area contributed by atoms with E-state index in [1.165, 1.54) is 12.0 Å². The first-order valence-electron chi connectivity index (χ1n) is 0.960. The van der Waals surface area contributed by atoms with Crippen LogP contribution >= 0.6 is 11.6 Å². The van der Waals surface area contributed by atoms with Gasteiger partial charge in [-0.15, -0.1) is 5.88 Å². The van der Waals surface area contributed by atoms with Crippen molar-refractivity contribution in [3.63, 3.8) is 0 Å². The molecule has 0 aromatic heterocycles. The molecule has 0 aromatic rings. The molecule has 0 nitrogen and oxygen atoms in total. The van der Waals surface area contributed by atoms with E-state index in [4.69, 9.17) is 11.6 Å². The smallest absolute Gasteiger partial charge is 0 e. The summed E-state index contributed by atoms with van der Waals surface area (Å²) in [7, 11) is 0. The molecular formula is C3H4ClHf-. The van der Waals surface area contributed by atoms with Crippen molar-refractivity contribution in [3.8, 4) is 0 Å². The number of halogens is 1. The standard InChI is InChI=1S/C3H4Cl.Hf/c1-2-3-4;/h2-3H,1H2;/q-1;. The minimum Gasteiger partial charge on any atom is -0.244 e. The minimum absolute atomic E-state index is 0. The molecule has 0 heterocycles. The van der Waals surface area contributed by atoms with Crippen molar-refractivity contribution in [1.82, 2.24) is 0 Å². The molecule has 0 spiro atoms. The van der Waals surface area contributed by atoms with Gasteiger partial charge < -0.3 is 0 Å².